The van der Waals surface area contributed by atoms with Gasteiger partial charge in [-0.25, -0.2) is 9.48 Å². The summed E-state index contributed by atoms with van der Waals surface area (Å²) in [7, 11) is 0. The molecule has 22 heavy (non-hydrogen) atoms. The van der Waals surface area contributed by atoms with Crippen LogP contribution in [0.25, 0.3) is 5.82 Å². The van der Waals surface area contributed by atoms with E-state index in [9.17, 15) is 4.79 Å². The fraction of sp³-hybridized carbons (Fsp3) is 0.400. The summed E-state index contributed by atoms with van der Waals surface area (Å²) in [5.74, 6) is 1.14. The minimum absolute atomic E-state index is 0.300. The van der Waals surface area contributed by atoms with Gasteiger partial charge in [-0.1, -0.05) is 6.07 Å². The molecule has 7 heteroatoms. The van der Waals surface area contributed by atoms with Crippen LogP contribution in [0.2, 0.25) is 0 Å². The molecule has 0 radical (unpaired) electrons. The molecule has 1 N–H and O–H groups in total. The van der Waals surface area contributed by atoms with Gasteiger partial charge in [0.05, 0.1) is 6.54 Å². The minimum Gasteiger partial charge on any atom is -0.476 e. The van der Waals surface area contributed by atoms with Crippen LogP contribution < -0.4 is 10.1 Å². The van der Waals surface area contributed by atoms with Crippen LogP contribution in [0, 0.1) is 0 Å². The van der Waals surface area contributed by atoms with Gasteiger partial charge in [0.2, 0.25) is 5.88 Å². The lowest BCUT2D eigenvalue weighted by Crippen LogP contribution is -2.34. The van der Waals surface area contributed by atoms with Crippen molar-refractivity contribution in [2.24, 2.45) is 0 Å². The molecule has 0 saturated carbocycles. The zero-order chi connectivity index (χ0) is 16.0. The second-order valence-corrected chi connectivity index (χ2v) is 5.56. The number of carbonyl (C=O) groups excluding carboxylic acids is 1. The average Bonchev–Trinajstić information content (AvgIpc) is 2.96. The smallest absolute Gasteiger partial charge is 0.407 e. The predicted molar refractivity (Wildman–Crippen MR) is 81.1 cm³/mol. The lowest BCUT2D eigenvalue weighted by atomic mass is 10.2. The number of nitrogens with zero attached hydrogens (tertiary/aromatic N) is 3. The summed E-state index contributed by atoms with van der Waals surface area (Å²) in [5.41, 5.74) is -0.509. The first-order valence-corrected chi connectivity index (χ1v) is 7.01. The SMILES string of the molecule is CC(C)(C)OC(=O)NCCOc1cccc(-n2cccn2)n1. The number of rotatable bonds is 5. The number of amides is 1. The Morgan fingerprint density at radius 3 is 2.82 bits per heavy atom. The maximum absolute atomic E-state index is 11.5. The van der Waals surface area contributed by atoms with Gasteiger partial charge in [0.1, 0.15) is 12.2 Å². The van der Waals surface area contributed by atoms with Crippen LogP contribution >= 0.6 is 0 Å². The third kappa shape index (κ3) is 5.08. The molecule has 0 unspecified atom stereocenters. The van der Waals surface area contributed by atoms with Gasteiger partial charge in [-0.3, -0.25) is 0 Å². The van der Waals surface area contributed by atoms with E-state index in [-0.39, 0.29) is 0 Å². The van der Waals surface area contributed by atoms with Gasteiger partial charge in [0.15, 0.2) is 5.82 Å². The van der Waals surface area contributed by atoms with Crippen molar-refractivity contribution in [2.45, 2.75) is 26.4 Å². The third-order valence-corrected chi connectivity index (χ3v) is 2.47. The van der Waals surface area contributed by atoms with E-state index in [0.29, 0.717) is 24.8 Å². The van der Waals surface area contributed by atoms with Crippen molar-refractivity contribution >= 4 is 6.09 Å². The van der Waals surface area contributed by atoms with Gasteiger partial charge in [-0.15, -0.1) is 0 Å². The number of pyridine rings is 1. The van der Waals surface area contributed by atoms with Gasteiger partial charge in [-0.2, -0.15) is 10.1 Å². The summed E-state index contributed by atoms with van der Waals surface area (Å²) in [5, 5.41) is 6.73. The quantitative estimate of drug-likeness (QED) is 0.857. The van der Waals surface area contributed by atoms with Crippen LogP contribution in [0.15, 0.2) is 36.7 Å². The highest BCUT2D eigenvalue weighted by molar-refractivity contribution is 5.67. The van der Waals surface area contributed by atoms with E-state index >= 15 is 0 Å². The second kappa shape index (κ2) is 6.93. The highest BCUT2D eigenvalue weighted by atomic mass is 16.6. The number of nitrogens with one attached hydrogen (secondary N) is 1. The Balaban J connectivity index is 1.78. The van der Waals surface area contributed by atoms with Gasteiger partial charge in [-0.05, 0) is 32.9 Å². The highest BCUT2D eigenvalue weighted by Crippen LogP contribution is 2.10. The highest BCUT2D eigenvalue weighted by Gasteiger charge is 2.15. The Kier molecular flexibility index (Phi) is 4.98. The molecule has 2 heterocycles. The summed E-state index contributed by atoms with van der Waals surface area (Å²) < 4.78 is 12.3. The summed E-state index contributed by atoms with van der Waals surface area (Å²) in [4.78, 5) is 15.8. The van der Waals surface area contributed by atoms with Crippen LogP contribution in [0.1, 0.15) is 20.8 Å². The van der Waals surface area contributed by atoms with E-state index in [0.717, 1.165) is 0 Å². The van der Waals surface area contributed by atoms with Crippen molar-refractivity contribution in [2.75, 3.05) is 13.2 Å². The zero-order valence-corrected chi connectivity index (χ0v) is 12.9. The molecule has 0 aliphatic rings. The van der Waals surface area contributed by atoms with E-state index in [1.165, 1.54) is 0 Å². The molecule has 0 aliphatic heterocycles. The summed E-state index contributed by atoms with van der Waals surface area (Å²) in [6, 6.07) is 7.24. The van der Waals surface area contributed by atoms with E-state index < -0.39 is 11.7 Å². The first-order valence-electron chi connectivity index (χ1n) is 7.01. The van der Waals surface area contributed by atoms with E-state index in [1.54, 1.807) is 23.1 Å². The normalized spacial score (nSPS) is 11.0. The fourth-order valence-corrected chi connectivity index (χ4v) is 1.64. The summed E-state index contributed by atoms with van der Waals surface area (Å²) in [6.45, 7) is 6.08. The van der Waals surface area contributed by atoms with Crippen LogP contribution in [-0.2, 0) is 4.74 Å². The van der Waals surface area contributed by atoms with Crippen LogP contribution in [0.4, 0.5) is 4.79 Å². The van der Waals surface area contributed by atoms with Gasteiger partial charge < -0.3 is 14.8 Å². The average molecular weight is 304 g/mol. The maximum Gasteiger partial charge on any atom is 0.407 e. The van der Waals surface area contributed by atoms with Crippen molar-refractivity contribution in [1.29, 1.82) is 0 Å². The minimum atomic E-state index is -0.509. The topological polar surface area (TPSA) is 78.3 Å². The van der Waals surface area contributed by atoms with E-state index in [1.807, 2.05) is 39.0 Å². The number of carbonyl (C=O) groups is 1. The molecule has 2 aromatic rings. The first kappa shape index (κ1) is 15.8. The monoisotopic (exact) mass is 304 g/mol. The first-order chi connectivity index (χ1) is 10.4. The van der Waals surface area contributed by atoms with E-state index in [4.69, 9.17) is 9.47 Å². The van der Waals surface area contributed by atoms with Crippen LogP contribution in [-0.4, -0.2) is 39.6 Å². The van der Waals surface area contributed by atoms with Gasteiger partial charge >= 0.3 is 6.09 Å². The van der Waals surface area contributed by atoms with Crippen molar-refractivity contribution in [3.63, 3.8) is 0 Å². The van der Waals surface area contributed by atoms with Crippen molar-refractivity contribution in [1.82, 2.24) is 20.1 Å². The number of hydrogen-bond donors (Lipinski definition) is 1. The van der Waals surface area contributed by atoms with Crippen molar-refractivity contribution < 1.29 is 14.3 Å². The zero-order valence-electron chi connectivity index (χ0n) is 12.9. The van der Waals surface area contributed by atoms with Crippen molar-refractivity contribution in [3.05, 3.63) is 36.7 Å². The lowest BCUT2D eigenvalue weighted by Gasteiger charge is -2.19. The third-order valence-electron chi connectivity index (χ3n) is 2.47. The Labute approximate surface area is 129 Å². The number of alkyl carbamates (subject to hydrolysis) is 1. The molecule has 118 valence electrons. The fourth-order valence-electron chi connectivity index (χ4n) is 1.64. The lowest BCUT2D eigenvalue weighted by molar-refractivity contribution is 0.0520. The van der Waals surface area contributed by atoms with Gasteiger partial charge in [0.25, 0.3) is 0 Å². The molecule has 0 saturated heterocycles. The molecule has 0 spiro atoms. The summed E-state index contributed by atoms with van der Waals surface area (Å²) in [6.07, 6.45) is 3.02. The van der Waals surface area contributed by atoms with E-state index in [2.05, 4.69) is 15.4 Å². The van der Waals surface area contributed by atoms with Gasteiger partial charge in [0, 0.05) is 18.5 Å². The molecule has 0 fully saturated rings. The Morgan fingerprint density at radius 2 is 2.14 bits per heavy atom. The number of hydrogen-bond acceptors (Lipinski definition) is 5. The molecule has 0 bridgehead atoms. The van der Waals surface area contributed by atoms with Crippen LogP contribution in [0.5, 0.6) is 5.88 Å². The standard InChI is InChI=1S/C15H20N4O3/c1-15(2,3)22-14(20)16-9-11-21-13-7-4-6-12(18-13)19-10-5-8-17-19/h4-8,10H,9,11H2,1-3H3,(H,16,20). The molecule has 0 atom stereocenters. The molecule has 2 aromatic heterocycles. The van der Waals surface area contributed by atoms with Crippen molar-refractivity contribution in [3.8, 4) is 11.7 Å². The van der Waals surface area contributed by atoms with Crippen LogP contribution in [0.3, 0.4) is 0 Å². The Bertz CT molecular complexity index is 606. The second-order valence-electron chi connectivity index (χ2n) is 5.56. The molecule has 2 rings (SSSR count). The maximum atomic E-state index is 11.5. The Hall–Kier alpha value is -2.57. The molecule has 1 amide bonds. The summed E-state index contributed by atoms with van der Waals surface area (Å²) >= 11 is 0. The largest absolute Gasteiger partial charge is 0.476 e. The number of ether oxygens (including phenoxy) is 2. The Morgan fingerprint density at radius 1 is 1.32 bits per heavy atom. The predicted octanol–water partition coefficient (Wildman–Crippen LogP) is 2.17. The molecule has 7 nitrogen and oxygen atoms in total. The number of aromatic nitrogens is 3. The molecule has 0 aliphatic carbocycles. The molecular weight excluding hydrogens is 284 g/mol. The molecule has 0 aromatic carbocycles. The molecular formula is C15H20N4O3.